The van der Waals surface area contributed by atoms with Gasteiger partial charge in [0.05, 0.1) is 0 Å². The summed E-state index contributed by atoms with van der Waals surface area (Å²) >= 11 is 5.82. The van der Waals surface area contributed by atoms with Crippen molar-refractivity contribution in [2.24, 2.45) is 0 Å². The van der Waals surface area contributed by atoms with Crippen molar-refractivity contribution in [3.63, 3.8) is 0 Å². The van der Waals surface area contributed by atoms with Gasteiger partial charge in [0.15, 0.2) is 12.4 Å². The molecule has 0 saturated heterocycles. The van der Waals surface area contributed by atoms with Crippen LogP contribution in [0.1, 0.15) is 28.9 Å². The molecular formula is C15H17BrClNO2. The zero-order valence-corrected chi connectivity index (χ0v) is 13.6. The summed E-state index contributed by atoms with van der Waals surface area (Å²) in [5.41, 5.74) is 1.81. The average Bonchev–Trinajstić information content (AvgIpc) is 2.38. The van der Waals surface area contributed by atoms with Gasteiger partial charge in [0, 0.05) is 29.1 Å². The third-order valence-corrected chi connectivity index (χ3v) is 3.18. The fraction of sp³-hybridized carbons (Fsp3) is 0.200. The van der Waals surface area contributed by atoms with Crippen LogP contribution in [0.4, 0.5) is 0 Å². The molecule has 1 heterocycles. The predicted octanol–water partition coefficient (Wildman–Crippen LogP) is -0.441. The van der Waals surface area contributed by atoms with E-state index in [0.29, 0.717) is 10.6 Å². The van der Waals surface area contributed by atoms with E-state index < -0.39 is 0 Å². The Morgan fingerprint density at radius 2 is 1.80 bits per heavy atom. The number of nitrogens with zero attached hydrogens (tertiary/aromatic N) is 1. The van der Waals surface area contributed by atoms with Gasteiger partial charge in [0.25, 0.3) is 0 Å². The Labute approximate surface area is 134 Å². The van der Waals surface area contributed by atoms with Crippen molar-refractivity contribution in [1.29, 1.82) is 0 Å². The largest absolute Gasteiger partial charge is 1.00 e. The van der Waals surface area contributed by atoms with Crippen LogP contribution in [0.15, 0.2) is 48.8 Å². The minimum absolute atomic E-state index is 0. The highest BCUT2D eigenvalue weighted by molar-refractivity contribution is 6.30. The van der Waals surface area contributed by atoms with E-state index in [9.17, 15) is 4.79 Å². The standard InChI is InChI=1S/C15H15ClNO.BrH.H2O/c1-11-4-3-9-17(10-11)12(2)15(18)13-5-7-14(16)8-6-13;;/h3-10,12H,1-2H3;1H;1H2/q+1;;/p-1. The molecule has 0 aliphatic rings. The van der Waals surface area contributed by atoms with E-state index >= 15 is 0 Å². The number of Topliss-reactive ketones (excluding diaryl/α,β-unsaturated/α-hetero) is 1. The highest BCUT2D eigenvalue weighted by Gasteiger charge is 2.23. The first-order valence-electron chi connectivity index (χ1n) is 5.85. The molecule has 0 spiro atoms. The first kappa shape index (κ1) is 18.8. The Hall–Kier alpha value is -1.23. The lowest BCUT2D eigenvalue weighted by molar-refractivity contribution is -0.705. The van der Waals surface area contributed by atoms with E-state index in [1.807, 2.05) is 42.9 Å². The van der Waals surface area contributed by atoms with Crippen LogP contribution in [0.2, 0.25) is 5.02 Å². The van der Waals surface area contributed by atoms with Crippen molar-refractivity contribution in [1.82, 2.24) is 0 Å². The molecule has 2 aromatic rings. The lowest BCUT2D eigenvalue weighted by Gasteiger charge is -2.06. The second-order valence-corrected chi connectivity index (χ2v) is 4.81. The van der Waals surface area contributed by atoms with E-state index in [1.54, 1.807) is 24.3 Å². The molecule has 0 bridgehead atoms. The van der Waals surface area contributed by atoms with Gasteiger partial charge < -0.3 is 22.5 Å². The molecule has 0 amide bonds. The SMILES string of the molecule is Cc1ccc[n+](C(C)C(=O)c2ccc(Cl)cc2)c1.O.[Br-]. The topological polar surface area (TPSA) is 52.5 Å². The molecule has 2 rings (SSSR count). The van der Waals surface area contributed by atoms with Crippen molar-refractivity contribution in [2.75, 3.05) is 0 Å². The maximum absolute atomic E-state index is 12.3. The quantitative estimate of drug-likeness (QED) is 0.542. The van der Waals surface area contributed by atoms with Gasteiger partial charge in [-0.05, 0) is 37.3 Å². The monoisotopic (exact) mass is 357 g/mol. The number of pyridine rings is 1. The van der Waals surface area contributed by atoms with Crippen molar-refractivity contribution in [2.45, 2.75) is 19.9 Å². The van der Waals surface area contributed by atoms with E-state index in [1.165, 1.54) is 0 Å². The minimum Gasteiger partial charge on any atom is -1.00 e. The number of hydrogen-bond acceptors (Lipinski definition) is 1. The molecule has 0 aliphatic heterocycles. The van der Waals surface area contributed by atoms with Crippen LogP contribution in [0.25, 0.3) is 0 Å². The predicted molar refractivity (Wildman–Crippen MR) is 75.5 cm³/mol. The molecule has 3 nitrogen and oxygen atoms in total. The summed E-state index contributed by atoms with van der Waals surface area (Å²) < 4.78 is 1.92. The summed E-state index contributed by atoms with van der Waals surface area (Å²) in [5.74, 6) is 0.0854. The number of aromatic nitrogens is 1. The number of aryl methyl sites for hydroxylation is 1. The summed E-state index contributed by atoms with van der Waals surface area (Å²) in [7, 11) is 0. The Bertz CT molecular complexity index is 572. The second-order valence-electron chi connectivity index (χ2n) is 4.38. The molecule has 1 aromatic heterocycles. The number of carbonyl (C=O) groups is 1. The van der Waals surface area contributed by atoms with Crippen LogP contribution in [0, 0.1) is 6.92 Å². The van der Waals surface area contributed by atoms with Crippen molar-refractivity contribution >= 4 is 17.4 Å². The number of benzene rings is 1. The highest BCUT2D eigenvalue weighted by Crippen LogP contribution is 2.13. The third kappa shape index (κ3) is 4.40. The fourth-order valence-corrected chi connectivity index (χ4v) is 1.97. The lowest BCUT2D eigenvalue weighted by atomic mass is 10.1. The van der Waals surface area contributed by atoms with Gasteiger partial charge in [-0.15, -0.1) is 0 Å². The maximum atomic E-state index is 12.3. The van der Waals surface area contributed by atoms with Gasteiger partial charge >= 0.3 is 0 Å². The molecule has 0 fully saturated rings. The number of rotatable bonds is 3. The van der Waals surface area contributed by atoms with Crippen LogP contribution in [-0.4, -0.2) is 11.3 Å². The van der Waals surface area contributed by atoms with Gasteiger partial charge in [-0.25, -0.2) is 0 Å². The molecule has 5 heteroatoms. The van der Waals surface area contributed by atoms with Gasteiger partial charge in [-0.2, -0.15) is 4.57 Å². The molecule has 2 N–H and O–H groups in total. The zero-order valence-electron chi connectivity index (χ0n) is 11.3. The summed E-state index contributed by atoms with van der Waals surface area (Å²) in [4.78, 5) is 12.3. The zero-order chi connectivity index (χ0) is 13.1. The van der Waals surface area contributed by atoms with Crippen LogP contribution < -0.4 is 21.5 Å². The molecule has 0 saturated carbocycles. The Morgan fingerprint density at radius 3 is 2.35 bits per heavy atom. The van der Waals surface area contributed by atoms with Gasteiger partial charge in [0.2, 0.25) is 11.8 Å². The van der Waals surface area contributed by atoms with Gasteiger partial charge in [-0.1, -0.05) is 11.6 Å². The second kappa shape index (κ2) is 8.15. The first-order chi connectivity index (χ1) is 8.58. The molecule has 20 heavy (non-hydrogen) atoms. The average molecular weight is 359 g/mol. The summed E-state index contributed by atoms with van der Waals surface area (Å²) in [6.07, 6.45) is 3.88. The number of carbonyl (C=O) groups excluding carboxylic acids is 1. The smallest absolute Gasteiger partial charge is 0.230 e. The third-order valence-electron chi connectivity index (χ3n) is 2.93. The highest BCUT2D eigenvalue weighted by atomic mass is 79.9. The van der Waals surface area contributed by atoms with E-state index in [0.717, 1.165) is 5.56 Å². The van der Waals surface area contributed by atoms with Crippen LogP contribution in [0.5, 0.6) is 0 Å². The summed E-state index contributed by atoms with van der Waals surface area (Å²) in [6.45, 7) is 3.91. The molecule has 1 unspecified atom stereocenters. The number of ketones is 1. The van der Waals surface area contributed by atoms with Crippen molar-refractivity contribution in [3.05, 3.63) is 64.9 Å². The summed E-state index contributed by atoms with van der Waals surface area (Å²) in [6, 6.07) is 10.7. The number of halogens is 2. The van der Waals surface area contributed by atoms with Gasteiger partial charge in [-0.3, -0.25) is 4.79 Å². The first-order valence-corrected chi connectivity index (χ1v) is 6.23. The normalized spacial score (nSPS) is 10.9. The lowest BCUT2D eigenvalue weighted by Crippen LogP contribution is -3.00. The van der Waals surface area contributed by atoms with Crippen molar-refractivity contribution < 1.29 is 31.8 Å². The van der Waals surface area contributed by atoms with E-state index in [4.69, 9.17) is 11.6 Å². The Balaban J connectivity index is 0.00000180. The van der Waals surface area contributed by atoms with Crippen LogP contribution in [-0.2, 0) is 0 Å². The fourth-order valence-electron chi connectivity index (χ4n) is 1.85. The molecule has 0 aliphatic carbocycles. The van der Waals surface area contributed by atoms with Gasteiger partial charge in [0.1, 0.15) is 0 Å². The number of hydrogen-bond donors (Lipinski definition) is 0. The minimum atomic E-state index is -0.217. The molecular weight excluding hydrogens is 342 g/mol. The summed E-state index contributed by atoms with van der Waals surface area (Å²) in [5, 5.41) is 0.641. The Kier molecular flexibility index (Phi) is 7.64. The van der Waals surface area contributed by atoms with Crippen molar-refractivity contribution in [3.8, 4) is 0 Å². The van der Waals surface area contributed by atoms with E-state index in [2.05, 4.69) is 0 Å². The van der Waals surface area contributed by atoms with E-state index in [-0.39, 0.29) is 34.3 Å². The molecule has 108 valence electrons. The molecule has 0 radical (unpaired) electrons. The Morgan fingerprint density at radius 1 is 1.20 bits per heavy atom. The van der Waals surface area contributed by atoms with Crippen LogP contribution in [0.3, 0.4) is 0 Å². The maximum Gasteiger partial charge on any atom is 0.230 e. The van der Waals surface area contributed by atoms with Crippen LogP contribution >= 0.6 is 11.6 Å². The molecule has 1 atom stereocenters. The molecule has 1 aromatic carbocycles.